The Morgan fingerprint density at radius 1 is 1.31 bits per heavy atom. The zero-order chi connectivity index (χ0) is 11.8. The van der Waals surface area contributed by atoms with Gasteiger partial charge in [-0.2, -0.15) is 0 Å². The molecule has 16 heavy (non-hydrogen) atoms. The van der Waals surface area contributed by atoms with E-state index < -0.39 is 11.1 Å². The summed E-state index contributed by atoms with van der Waals surface area (Å²) >= 11 is 3.30. The Labute approximate surface area is 103 Å². The third kappa shape index (κ3) is 1.87. The van der Waals surface area contributed by atoms with Crippen LogP contribution in [0.25, 0.3) is 0 Å². The molecular formula is C11H16BrN3O. The van der Waals surface area contributed by atoms with Gasteiger partial charge >= 0.3 is 0 Å². The number of halogens is 1. The largest absolute Gasteiger partial charge is 0.375 e. The van der Waals surface area contributed by atoms with Crippen LogP contribution in [0.3, 0.4) is 0 Å². The zero-order valence-corrected chi connectivity index (χ0v) is 10.9. The lowest BCUT2D eigenvalue weighted by Gasteiger charge is -2.44. The van der Waals surface area contributed by atoms with Crippen molar-refractivity contribution >= 4 is 15.9 Å². The van der Waals surface area contributed by atoms with Gasteiger partial charge in [-0.1, -0.05) is 6.42 Å². The molecule has 0 aromatic carbocycles. The number of aromatic nitrogens is 2. The Hall–Kier alpha value is -0.520. The second-order valence-corrected chi connectivity index (χ2v) is 5.60. The standard InChI is InChI=1S/C11H16BrN3O/c1-10(4-2-3-5-11(10,13)16)9-14-6-8(12)7-15-9/h6-7,16H,2-5,13H2,1H3. The molecule has 1 fully saturated rings. The summed E-state index contributed by atoms with van der Waals surface area (Å²) in [5, 5.41) is 10.3. The highest BCUT2D eigenvalue weighted by Crippen LogP contribution is 2.41. The van der Waals surface area contributed by atoms with Crippen molar-refractivity contribution in [2.75, 3.05) is 0 Å². The van der Waals surface area contributed by atoms with Gasteiger partial charge in [0.25, 0.3) is 0 Å². The first kappa shape index (κ1) is 12.0. The van der Waals surface area contributed by atoms with Gasteiger partial charge in [0.2, 0.25) is 0 Å². The molecule has 5 heteroatoms. The van der Waals surface area contributed by atoms with E-state index in [2.05, 4.69) is 25.9 Å². The third-order valence-electron chi connectivity index (χ3n) is 3.55. The van der Waals surface area contributed by atoms with Crippen LogP contribution < -0.4 is 5.73 Å². The molecule has 2 unspecified atom stereocenters. The van der Waals surface area contributed by atoms with Crippen LogP contribution >= 0.6 is 15.9 Å². The molecule has 4 nitrogen and oxygen atoms in total. The summed E-state index contributed by atoms with van der Waals surface area (Å²) in [4.78, 5) is 8.54. The fraction of sp³-hybridized carbons (Fsp3) is 0.636. The molecular weight excluding hydrogens is 270 g/mol. The van der Waals surface area contributed by atoms with Crippen molar-refractivity contribution in [2.24, 2.45) is 5.73 Å². The van der Waals surface area contributed by atoms with Crippen LogP contribution in [0.2, 0.25) is 0 Å². The number of hydrogen-bond donors (Lipinski definition) is 2. The normalized spacial score (nSPS) is 35.0. The van der Waals surface area contributed by atoms with E-state index in [0.717, 1.165) is 23.7 Å². The van der Waals surface area contributed by atoms with Crippen LogP contribution in [0.15, 0.2) is 16.9 Å². The van der Waals surface area contributed by atoms with Gasteiger partial charge in [-0.3, -0.25) is 0 Å². The van der Waals surface area contributed by atoms with Gasteiger partial charge < -0.3 is 10.8 Å². The van der Waals surface area contributed by atoms with Gasteiger partial charge in [0.1, 0.15) is 11.5 Å². The summed E-state index contributed by atoms with van der Waals surface area (Å²) in [6, 6.07) is 0. The predicted molar refractivity (Wildman–Crippen MR) is 64.7 cm³/mol. The molecule has 0 bridgehead atoms. The Bertz CT molecular complexity index is 379. The van der Waals surface area contributed by atoms with Crippen LogP contribution in [0.4, 0.5) is 0 Å². The van der Waals surface area contributed by atoms with E-state index in [9.17, 15) is 5.11 Å². The van der Waals surface area contributed by atoms with Crippen molar-refractivity contribution in [3.8, 4) is 0 Å². The molecule has 0 amide bonds. The lowest BCUT2D eigenvalue weighted by atomic mass is 9.68. The molecule has 1 aromatic rings. The fourth-order valence-electron chi connectivity index (χ4n) is 2.27. The van der Waals surface area contributed by atoms with Crippen LogP contribution in [0.1, 0.15) is 38.4 Å². The van der Waals surface area contributed by atoms with Crippen molar-refractivity contribution < 1.29 is 5.11 Å². The maximum Gasteiger partial charge on any atom is 0.138 e. The summed E-state index contributed by atoms with van der Waals surface area (Å²) in [5.41, 5.74) is 4.23. The lowest BCUT2D eigenvalue weighted by molar-refractivity contribution is -0.0617. The number of aliphatic hydroxyl groups is 1. The maximum absolute atomic E-state index is 10.3. The van der Waals surface area contributed by atoms with Crippen LogP contribution in [-0.4, -0.2) is 20.8 Å². The SMILES string of the molecule is CC1(c2ncc(Br)cn2)CCCCC1(N)O. The Kier molecular flexibility index (Phi) is 3.03. The first-order valence-electron chi connectivity index (χ1n) is 5.45. The topological polar surface area (TPSA) is 72.0 Å². The van der Waals surface area contributed by atoms with Gasteiger partial charge in [-0.25, -0.2) is 9.97 Å². The molecule has 3 N–H and O–H groups in total. The second kappa shape index (κ2) is 4.05. The molecule has 1 aromatic heterocycles. The van der Waals surface area contributed by atoms with Crippen molar-refractivity contribution in [1.29, 1.82) is 0 Å². The Morgan fingerprint density at radius 2 is 1.88 bits per heavy atom. The molecule has 0 radical (unpaired) electrons. The lowest BCUT2D eigenvalue weighted by Crippen LogP contribution is -2.59. The highest BCUT2D eigenvalue weighted by atomic mass is 79.9. The molecule has 1 saturated carbocycles. The summed E-state index contributed by atoms with van der Waals surface area (Å²) < 4.78 is 0.830. The predicted octanol–water partition coefficient (Wildman–Crippen LogP) is 1.72. The minimum atomic E-state index is -1.21. The molecule has 0 saturated heterocycles. The highest BCUT2D eigenvalue weighted by Gasteiger charge is 2.49. The van der Waals surface area contributed by atoms with E-state index in [1.54, 1.807) is 12.4 Å². The summed E-state index contributed by atoms with van der Waals surface area (Å²) in [7, 11) is 0. The number of nitrogens with zero attached hydrogens (tertiary/aromatic N) is 2. The molecule has 2 rings (SSSR count). The average Bonchev–Trinajstić information content (AvgIpc) is 2.23. The molecule has 2 atom stereocenters. The first-order chi connectivity index (χ1) is 7.46. The zero-order valence-electron chi connectivity index (χ0n) is 9.28. The first-order valence-corrected chi connectivity index (χ1v) is 6.24. The van der Waals surface area contributed by atoms with Gasteiger partial charge in [0, 0.05) is 12.4 Å². The fourth-order valence-corrected chi connectivity index (χ4v) is 2.47. The number of nitrogens with two attached hydrogens (primary N) is 1. The second-order valence-electron chi connectivity index (χ2n) is 4.69. The van der Waals surface area contributed by atoms with Crippen molar-refractivity contribution in [3.63, 3.8) is 0 Å². The van der Waals surface area contributed by atoms with E-state index >= 15 is 0 Å². The molecule has 1 heterocycles. The minimum Gasteiger partial charge on any atom is -0.375 e. The quantitative estimate of drug-likeness (QED) is 0.771. The van der Waals surface area contributed by atoms with Gasteiger partial charge in [-0.15, -0.1) is 0 Å². The maximum atomic E-state index is 10.3. The van der Waals surface area contributed by atoms with Gasteiger partial charge in [0.15, 0.2) is 0 Å². The van der Waals surface area contributed by atoms with Crippen molar-refractivity contribution in [1.82, 2.24) is 9.97 Å². The van der Waals surface area contributed by atoms with E-state index in [1.165, 1.54) is 0 Å². The molecule has 0 aliphatic heterocycles. The number of rotatable bonds is 1. The summed E-state index contributed by atoms with van der Waals surface area (Å²) in [5.74, 6) is 0.625. The minimum absolute atomic E-state index is 0.550. The Morgan fingerprint density at radius 3 is 2.44 bits per heavy atom. The van der Waals surface area contributed by atoms with E-state index in [1.807, 2.05) is 6.92 Å². The summed E-state index contributed by atoms with van der Waals surface area (Å²) in [6.07, 6.45) is 6.82. The summed E-state index contributed by atoms with van der Waals surface area (Å²) in [6.45, 7) is 1.94. The van der Waals surface area contributed by atoms with E-state index in [0.29, 0.717) is 12.2 Å². The molecule has 1 aliphatic carbocycles. The van der Waals surface area contributed by atoms with E-state index in [4.69, 9.17) is 5.73 Å². The molecule has 88 valence electrons. The Balaban J connectivity index is 2.39. The molecule has 0 spiro atoms. The monoisotopic (exact) mass is 285 g/mol. The van der Waals surface area contributed by atoms with Gasteiger partial charge in [-0.05, 0) is 42.1 Å². The molecule has 1 aliphatic rings. The number of hydrogen-bond acceptors (Lipinski definition) is 4. The highest BCUT2D eigenvalue weighted by molar-refractivity contribution is 9.10. The average molecular weight is 286 g/mol. The van der Waals surface area contributed by atoms with Crippen LogP contribution in [0.5, 0.6) is 0 Å². The van der Waals surface area contributed by atoms with Crippen molar-refractivity contribution in [3.05, 3.63) is 22.7 Å². The van der Waals surface area contributed by atoms with Crippen LogP contribution in [0, 0.1) is 0 Å². The van der Waals surface area contributed by atoms with E-state index in [-0.39, 0.29) is 0 Å². The van der Waals surface area contributed by atoms with Crippen molar-refractivity contribution in [2.45, 2.75) is 43.7 Å². The van der Waals surface area contributed by atoms with Crippen LogP contribution in [-0.2, 0) is 5.41 Å². The third-order valence-corrected chi connectivity index (χ3v) is 3.96. The smallest absolute Gasteiger partial charge is 0.138 e. The van der Waals surface area contributed by atoms with Gasteiger partial charge in [0.05, 0.1) is 9.89 Å².